The number of ether oxygens (including phenoxy) is 1. The molecular formula is C16H15NOS. The molecule has 0 fully saturated rings. The van der Waals surface area contributed by atoms with E-state index in [0.717, 1.165) is 11.3 Å². The van der Waals surface area contributed by atoms with E-state index in [4.69, 9.17) is 10.5 Å². The highest BCUT2D eigenvalue weighted by atomic mass is 32.1. The molecule has 0 radical (unpaired) electrons. The summed E-state index contributed by atoms with van der Waals surface area (Å²) in [5.74, 6) is 0.852. The molecule has 0 aliphatic rings. The predicted octanol–water partition coefficient (Wildman–Crippen LogP) is 3.96. The first-order chi connectivity index (χ1) is 9.29. The van der Waals surface area contributed by atoms with Crippen molar-refractivity contribution in [1.29, 1.82) is 0 Å². The molecule has 3 rings (SSSR count). The van der Waals surface area contributed by atoms with Gasteiger partial charge in [0.25, 0.3) is 0 Å². The number of hydrogen-bond acceptors (Lipinski definition) is 3. The molecule has 2 aromatic carbocycles. The van der Waals surface area contributed by atoms with E-state index in [0.29, 0.717) is 0 Å². The molecule has 3 aromatic rings. The lowest BCUT2D eigenvalue weighted by molar-refractivity contribution is 0.414. The van der Waals surface area contributed by atoms with E-state index in [1.807, 2.05) is 24.3 Å². The lowest BCUT2D eigenvalue weighted by atomic mass is 9.98. The Balaban J connectivity index is 2.02. The largest absolute Gasteiger partial charge is 0.497 e. The van der Waals surface area contributed by atoms with Crippen molar-refractivity contribution in [3.05, 3.63) is 65.0 Å². The molecule has 0 saturated heterocycles. The highest BCUT2D eigenvalue weighted by molar-refractivity contribution is 7.17. The van der Waals surface area contributed by atoms with Crippen LogP contribution >= 0.6 is 11.3 Å². The summed E-state index contributed by atoms with van der Waals surface area (Å²) in [4.78, 5) is 0. The van der Waals surface area contributed by atoms with E-state index in [2.05, 4.69) is 29.6 Å². The van der Waals surface area contributed by atoms with Crippen LogP contribution in [0, 0.1) is 0 Å². The quantitative estimate of drug-likeness (QED) is 0.781. The molecule has 1 unspecified atom stereocenters. The molecule has 1 aromatic heterocycles. The summed E-state index contributed by atoms with van der Waals surface area (Å²) < 4.78 is 6.44. The fourth-order valence-electron chi connectivity index (χ4n) is 2.25. The lowest BCUT2D eigenvalue weighted by Crippen LogP contribution is -2.11. The van der Waals surface area contributed by atoms with Crippen molar-refractivity contribution in [1.82, 2.24) is 0 Å². The maximum Gasteiger partial charge on any atom is 0.118 e. The van der Waals surface area contributed by atoms with Crippen LogP contribution < -0.4 is 10.5 Å². The summed E-state index contributed by atoms with van der Waals surface area (Å²) in [6, 6.07) is 16.3. The third kappa shape index (κ3) is 2.23. The van der Waals surface area contributed by atoms with Crippen LogP contribution in [0.2, 0.25) is 0 Å². The Bertz CT molecular complexity index is 687. The Morgan fingerprint density at radius 2 is 1.84 bits per heavy atom. The summed E-state index contributed by atoms with van der Waals surface area (Å²) in [6.07, 6.45) is 0. The number of hydrogen-bond donors (Lipinski definition) is 1. The lowest BCUT2D eigenvalue weighted by Gasteiger charge is -2.14. The second-order valence-electron chi connectivity index (χ2n) is 4.44. The molecule has 3 heteroatoms. The van der Waals surface area contributed by atoms with Gasteiger partial charge in [-0.2, -0.15) is 0 Å². The van der Waals surface area contributed by atoms with E-state index in [-0.39, 0.29) is 6.04 Å². The van der Waals surface area contributed by atoms with Crippen molar-refractivity contribution in [3.63, 3.8) is 0 Å². The van der Waals surface area contributed by atoms with Gasteiger partial charge in [-0.1, -0.05) is 30.3 Å². The molecule has 0 aliphatic heterocycles. The Hall–Kier alpha value is -1.84. The fraction of sp³-hybridized carbons (Fsp3) is 0.125. The highest BCUT2D eigenvalue weighted by Crippen LogP contribution is 2.31. The van der Waals surface area contributed by atoms with Crippen LogP contribution in [0.25, 0.3) is 10.1 Å². The van der Waals surface area contributed by atoms with Crippen molar-refractivity contribution in [2.75, 3.05) is 7.11 Å². The maximum atomic E-state index is 6.40. The maximum absolute atomic E-state index is 6.40. The standard InChI is InChI=1S/C16H15NOS/c1-18-13-7-5-11(6-8-13)15(17)14-4-2-3-12-9-10-19-16(12)14/h2-10,15H,17H2,1H3. The molecular weight excluding hydrogens is 254 g/mol. The third-order valence-corrected chi connectivity index (χ3v) is 4.30. The average molecular weight is 269 g/mol. The topological polar surface area (TPSA) is 35.2 Å². The first kappa shape index (κ1) is 12.2. The first-order valence-corrected chi connectivity index (χ1v) is 7.03. The van der Waals surface area contributed by atoms with Crippen molar-refractivity contribution >= 4 is 21.4 Å². The number of rotatable bonds is 3. The summed E-state index contributed by atoms with van der Waals surface area (Å²) in [5, 5.41) is 3.36. The van der Waals surface area contributed by atoms with Gasteiger partial charge in [-0.05, 0) is 40.1 Å². The SMILES string of the molecule is COc1ccc(C(N)c2cccc3ccsc23)cc1. The Labute approximate surface area is 116 Å². The van der Waals surface area contributed by atoms with Crippen LogP contribution in [0.3, 0.4) is 0 Å². The summed E-state index contributed by atoms with van der Waals surface area (Å²) in [6.45, 7) is 0. The fourth-order valence-corrected chi connectivity index (χ4v) is 3.21. The number of methoxy groups -OCH3 is 1. The monoisotopic (exact) mass is 269 g/mol. The molecule has 0 saturated carbocycles. The normalized spacial score (nSPS) is 12.5. The van der Waals surface area contributed by atoms with Crippen molar-refractivity contribution in [2.45, 2.75) is 6.04 Å². The molecule has 0 spiro atoms. The molecule has 0 amide bonds. The molecule has 19 heavy (non-hydrogen) atoms. The number of fused-ring (bicyclic) bond motifs is 1. The van der Waals surface area contributed by atoms with Crippen molar-refractivity contribution < 1.29 is 4.74 Å². The van der Waals surface area contributed by atoms with Gasteiger partial charge in [0, 0.05) is 4.70 Å². The van der Waals surface area contributed by atoms with Crippen LogP contribution in [0.15, 0.2) is 53.9 Å². The van der Waals surface area contributed by atoms with Crippen LogP contribution in [-0.4, -0.2) is 7.11 Å². The zero-order valence-corrected chi connectivity index (χ0v) is 11.5. The van der Waals surface area contributed by atoms with Gasteiger partial charge in [0.15, 0.2) is 0 Å². The molecule has 2 N–H and O–H groups in total. The number of benzene rings is 2. The summed E-state index contributed by atoms with van der Waals surface area (Å²) >= 11 is 1.74. The van der Waals surface area contributed by atoms with Gasteiger partial charge in [-0.3, -0.25) is 0 Å². The van der Waals surface area contributed by atoms with E-state index >= 15 is 0 Å². The molecule has 1 atom stereocenters. The van der Waals surface area contributed by atoms with Gasteiger partial charge in [0.2, 0.25) is 0 Å². The minimum absolute atomic E-state index is 0.103. The minimum atomic E-state index is -0.103. The third-order valence-electron chi connectivity index (χ3n) is 3.32. The summed E-state index contributed by atoms with van der Waals surface area (Å²) in [7, 11) is 1.67. The number of nitrogens with two attached hydrogens (primary N) is 1. The van der Waals surface area contributed by atoms with Gasteiger partial charge in [-0.15, -0.1) is 11.3 Å². The average Bonchev–Trinajstić information content (AvgIpc) is 2.95. The molecule has 1 heterocycles. The van der Waals surface area contributed by atoms with Gasteiger partial charge >= 0.3 is 0 Å². The van der Waals surface area contributed by atoms with Gasteiger partial charge in [-0.25, -0.2) is 0 Å². The second-order valence-corrected chi connectivity index (χ2v) is 5.35. The second kappa shape index (κ2) is 5.03. The number of thiophene rings is 1. The Kier molecular flexibility index (Phi) is 3.23. The molecule has 96 valence electrons. The van der Waals surface area contributed by atoms with Gasteiger partial charge in [0.05, 0.1) is 13.2 Å². The predicted molar refractivity (Wildman–Crippen MR) is 80.8 cm³/mol. The Morgan fingerprint density at radius 1 is 1.05 bits per heavy atom. The van der Waals surface area contributed by atoms with E-state index < -0.39 is 0 Å². The van der Waals surface area contributed by atoms with Crippen LogP contribution in [0.4, 0.5) is 0 Å². The smallest absolute Gasteiger partial charge is 0.118 e. The van der Waals surface area contributed by atoms with E-state index in [1.54, 1.807) is 18.4 Å². The summed E-state index contributed by atoms with van der Waals surface area (Å²) in [5.41, 5.74) is 8.68. The Morgan fingerprint density at radius 3 is 2.58 bits per heavy atom. The molecule has 0 aliphatic carbocycles. The van der Waals surface area contributed by atoms with Crippen molar-refractivity contribution in [3.8, 4) is 5.75 Å². The molecule has 2 nitrogen and oxygen atoms in total. The van der Waals surface area contributed by atoms with Crippen LogP contribution in [-0.2, 0) is 0 Å². The van der Waals surface area contributed by atoms with Gasteiger partial charge in [0.1, 0.15) is 5.75 Å². The van der Waals surface area contributed by atoms with Crippen LogP contribution in [0.5, 0.6) is 5.75 Å². The van der Waals surface area contributed by atoms with Gasteiger partial charge < -0.3 is 10.5 Å². The van der Waals surface area contributed by atoms with Crippen molar-refractivity contribution in [2.24, 2.45) is 5.73 Å². The highest BCUT2D eigenvalue weighted by Gasteiger charge is 2.12. The zero-order valence-electron chi connectivity index (χ0n) is 10.7. The molecule has 0 bridgehead atoms. The first-order valence-electron chi connectivity index (χ1n) is 6.15. The zero-order chi connectivity index (χ0) is 13.2. The minimum Gasteiger partial charge on any atom is -0.497 e. The van der Waals surface area contributed by atoms with Crippen LogP contribution in [0.1, 0.15) is 17.2 Å². The van der Waals surface area contributed by atoms with E-state index in [9.17, 15) is 0 Å². The van der Waals surface area contributed by atoms with E-state index in [1.165, 1.54) is 15.6 Å².